The van der Waals surface area contributed by atoms with Crippen molar-refractivity contribution in [3.8, 4) is 11.4 Å². The van der Waals surface area contributed by atoms with Crippen LogP contribution in [0.5, 0.6) is 0 Å². The molecule has 0 saturated carbocycles. The number of aromatic nitrogens is 4. The van der Waals surface area contributed by atoms with Crippen LogP contribution >= 0.6 is 11.6 Å². The highest BCUT2D eigenvalue weighted by atomic mass is 35.5. The molecular formula is C27H27ClN6O. The predicted molar refractivity (Wildman–Crippen MR) is 138 cm³/mol. The molecule has 2 aromatic carbocycles. The van der Waals surface area contributed by atoms with E-state index in [0.717, 1.165) is 51.3 Å². The van der Waals surface area contributed by atoms with Gasteiger partial charge in [0, 0.05) is 38.4 Å². The van der Waals surface area contributed by atoms with Crippen LogP contribution in [-0.2, 0) is 19.4 Å². The summed E-state index contributed by atoms with van der Waals surface area (Å²) in [5, 5.41) is 9.64. The Balaban J connectivity index is 1.16. The molecular weight excluding hydrogens is 460 g/mol. The van der Waals surface area contributed by atoms with Crippen LogP contribution in [0, 0.1) is 0 Å². The zero-order chi connectivity index (χ0) is 23.8. The van der Waals surface area contributed by atoms with Crippen molar-refractivity contribution < 1.29 is 0 Å². The monoisotopic (exact) mass is 486 g/mol. The van der Waals surface area contributed by atoms with Gasteiger partial charge in [0.05, 0.1) is 29.0 Å². The van der Waals surface area contributed by atoms with Gasteiger partial charge < -0.3 is 4.90 Å². The summed E-state index contributed by atoms with van der Waals surface area (Å²) in [4.78, 5) is 17.5. The average Bonchev–Trinajstić information content (AvgIpc) is 3.51. The lowest BCUT2D eigenvalue weighted by Crippen LogP contribution is -2.46. The summed E-state index contributed by atoms with van der Waals surface area (Å²) in [6.45, 7) is 4.18. The molecule has 0 N–H and O–H groups in total. The third kappa shape index (κ3) is 4.15. The van der Waals surface area contributed by atoms with Gasteiger partial charge in [-0.2, -0.15) is 14.9 Å². The Morgan fingerprint density at radius 3 is 2.17 bits per heavy atom. The minimum atomic E-state index is -0.292. The first kappa shape index (κ1) is 22.1. The number of halogens is 1. The third-order valence-corrected chi connectivity index (χ3v) is 7.36. The van der Waals surface area contributed by atoms with E-state index in [1.807, 2.05) is 36.4 Å². The van der Waals surface area contributed by atoms with E-state index < -0.39 is 0 Å². The number of rotatable bonds is 5. The highest BCUT2D eigenvalue weighted by Crippen LogP contribution is 2.29. The van der Waals surface area contributed by atoms with E-state index in [1.165, 1.54) is 28.1 Å². The molecule has 0 spiro atoms. The molecule has 1 fully saturated rings. The SMILES string of the molecule is O=c1c(Cl)c(N2CCN(Cc3nn(-c4ccccc4)c4c3CCC4)CC2)cnn1-c1ccccc1. The second kappa shape index (κ2) is 9.32. The number of hydrogen-bond acceptors (Lipinski definition) is 5. The molecule has 178 valence electrons. The van der Waals surface area contributed by atoms with Crippen molar-refractivity contribution >= 4 is 17.3 Å². The first-order valence-electron chi connectivity index (χ1n) is 12.1. The number of anilines is 1. The summed E-state index contributed by atoms with van der Waals surface area (Å²) < 4.78 is 3.49. The summed E-state index contributed by atoms with van der Waals surface area (Å²) in [6.07, 6.45) is 5.10. The van der Waals surface area contributed by atoms with E-state index in [-0.39, 0.29) is 10.6 Å². The van der Waals surface area contributed by atoms with Crippen LogP contribution in [0.4, 0.5) is 5.69 Å². The van der Waals surface area contributed by atoms with Gasteiger partial charge in [0.1, 0.15) is 5.02 Å². The minimum Gasteiger partial charge on any atom is -0.366 e. The van der Waals surface area contributed by atoms with E-state index in [0.29, 0.717) is 11.4 Å². The molecule has 0 radical (unpaired) electrons. The van der Waals surface area contributed by atoms with E-state index in [9.17, 15) is 4.79 Å². The van der Waals surface area contributed by atoms with Crippen LogP contribution in [0.3, 0.4) is 0 Å². The first-order valence-corrected chi connectivity index (χ1v) is 12.5. The average molecular weight is 487 g/mol. The van der Waals surface area contributed by atoms with Crippen molar-refractivity contribution in [3.63, 3.8) is 0 Å². The molecule has 6 rings (SSSR count). The van der Waals surface area contributed by atoms with Crippen molar-refractivity contribution in [2.45, 2.75) is 25.8 Å². The fraction of sp³-hybridized carbons (Fsp3) is 0.296. The lowest BCUT2D eigenvalue weighted by Gasteiger charge is -2.36. The van der Waals surface area contributed by atoms with Gasteiger partial charge in [0.15, 0.2) is 0 Å². The van der Waals surface area contributed by atoms with Gasteiger partial charge in [-0.25, -0.2) is 4.68 Å². The van der Waals surface area contributed by atoms with Gasteiger partial charge in [-0.1, -0.05) is 48.0 Å². The maximum Gasteiger partial charge on any atom is 0.292 e. The lowest BCUT2D eigenvalue weighted by molar-refractivity contribution is 0.246. The summed E-state index contributed by atoms with van der Waals surface area (Å²) in [5.74, 6) is 0. The van der Waals surface area contributed by atoms with E-state index in [4.69, 9.17) is 16.7 Å². The molecule has 0 atom stereocenters. The first-order chi connectivity index (χ1) is 17.2. The number of para-hydroxylation sites is 2. The van der Waals surface area contributed by atoms with Crippen molar-refractivity contribution in [1.82, 2.24) is 24.5 Å². The molecule has 0 amide bonds. The highest BCUT2D eigenvalue weighted by molar-refractivity contribution is 6.33. The second-order valence-corrected chi connectivity index (χ2v) is 9.51. The van der Waals surface area contributed by atoms with Crippen molar-refractivity contribution in [3.05, 3.63) is 99.2 Å². The number of fused-ring (bicyclic) bond motifs is 1. The van der Waals surface area contributed by atoms with Gasteiger partial charge in [0.25, 0.3) is 5.56 Å². The smallest absolute Gasteiger partial charge is 0.292 e. The molecule has 8 heteroatoms. The summed E-state index contributed by atoms with van der Waals surface area (Å²) in [7, 11) is 0. The maximum absolute atomic E-state index is 12.9. The Bertz CT molecular complexity index is 1390. The standard InChI is InChI=1S/C27H27ClN6O/c28-26-25(18-29-34(27(26)35)21-10-5-2-6-11-21)32-16-14-31(15-17-32)19-23-22-12-7-13-24(22)33(30-23)20-8-3-1-4-9-20/h1-6,8-11,18H,7,12-17,19H2. The number of piperazine rings is 1. The number of nitrogens with zero attached hydrogens (tertiary/aromatic N) is 6. The Morgan fingerprint density at radius 2 is 1.49 bits per heavy atom. The van der Waals surface area contributed by atoms with Crippen molar-refractivity contribution in [1.29, 1.82) is 0 Å². The summed E-state index contributed by atoms with van der Waals surface area (Å²) in [5.41, 5.74) is 6.24. The fourth-order valence-electron chi connectivity index (χ4n) is 5.18. The summed E-state index contributed by atoms with van der Waals surface area (Å²) in [6, 6.07) is 19.8. The molecule has 1 aliphatic carbocycles. The lowest BCUT2D eigenvalue weighted by atomic mass is 10.2. The van der Waals surface area contributed by atoms with Crippen LogP contribution < -0.4 is 10.5 Å². The van der Waals surface area contributed by atoms with Gasteiger partial charge in [0.2, 0.25) is 0 Å². The molecule has 1 saturated heterocycles. The molecule has 0 unspecified atom stereocenters. The van der Waals surface area contributed by atoms with Crippen LogP contribution in [-0.4, -0.2) is 50.6 Å². The Kier molecular flexibility index (Phi) is 5.88. The highest BCUT2D eigenvalue weighted by Gasteiger charge is 2.26. The van der Waals surface area contributed by atoms with Crippen LogP contribution in [0.15, 0.2) is 71.7 Å². The minimum absolute atomic E-state index is 0.219. The molecule has 0 bridgehead atoms. The topological polar surface area (TPSA) is 59.2 Å². The van der Waals surface area contributed by atoms with Gasteiger partial charge in [-0.05, 0) is 49.1 Å². The normalized spacial score (nSPS) is 16.0. The van der Waals surface area contributed by atoms with Crippen LogP contribution in [0.2, 0.25) is 5.02 Å². The van der Waals surface area contributed by atoms with Crippen LogP contribution in [0.25, 0.3) is 11.4 Å². The maximum atomic E-state index is 12.9. The largest absolute Gasteiger partial charge is 0.366 e. The molecule has 1 aliphatic heterocycles. The van der Waals surface area contributed by atoms with Gasteiger partial charge in [-0.15, -0.1) is 0 Å². The molecule has 35 heavy (non-hydrogen) atoms. The zero-order valence-electron chi connectivity index (χ0n) is 19.5. The third-order valence-electron chi connectivity index (χ3n) is 7.00. The van der Waals surface area contributed by atoms with E-state index >= 15 is 0 Å². The van der Waals surface area contributed by atoms with E-state index in [2.05, 4.69) is 43.8 Å². The number of hydrogen-bond donors (Lipinski definition) is 0. The van der Waals surface area contributed by atoms with E-state index in [1.54, 1.807) is 6.20 Å². The number of benzene rings is 2. The Labute approximate surface area is 209 Å². The summed E-state index contributed by atoms with van der Waals surface area (Å²) >= 11 is 6.53. The zero-order valence-corrected chi connectivity index (χ0v) is 20.2. The molecule has 7 nitrogen and oxygen atoms in total. The molecule has 2 aliphatic rings. The molecule has 4 aromatic rings. The van der Waals surface area contributed by atoms with Crippen molar-refractivity contribution in [2.24, 2.45) is 0 Å². The van der Waals surface area contributed by atoms with Crippen LogP contribution in [0.1, 0.15) is 23.4 Å². The Morgan fingerprint density at radius 1 is 0.829 bits per heavy atom. The van der Waals surface area contributed by atoms with Gasteiger partial charge in [-0.3, -0.25) is 9.69 Å². The van der Waals surface area contributed by atoms with Crippen molar-refractivity contribution in [2.75, 3.05) is 31.1 Å². The quantitative estimate of drug-likeness (QED) is 0.428. The molecule has 2 aromatic heterocycles. The second-order valence-electron chi connectivity index (χ2n) is 9.13. The predicted octanol–water partition coefficient (Wildman–Crippen LogP) is 3.88. The van der Waals surface area contributed by atoms with Gasteiger partial charge >= 0.3 is 0 Å². The fourth-order valence-corrected chi connectivity index (χ4v) is 5.43. The Hall–Kier alpha value is -3.42. The molecule has 3 heterocycles.